The van der Waals surface area contributed by atoms with Gasteiger partial charge in [0.05, 0.1) is 12.8 Å². The fourth-order valence-corrected chi connectivity index (χ4v) is 3.27. The highest BCUT2D eigenvalue weighted by atomic mass is 16.5. The minimum atomic E-state index is 0.659. The zero-order valence-electron chi connectivity index (χ0n) is 13.3. The van der Waals surface area contributed by atoms with Crippen molar-refractivity contribution >= 4 is 0 Å². The van der Waals surface area contributed by atoms with Crippen LogP contribution in [-0.2, 0) is 6.54 Å². The van der Waals surface area contributed by atoms with Gasteiger partial charge in [0.15, 0.2) is 0 Å². The first kappa shape index (κ1) is 15.3. The van der Waals surface area contributed by atoms with Crippen LogP contribution in [0, 0.1) is 19.8 Å². The number of aryl methyl sites for hydroxylation is 1. The van der Waals surface area contributed by atoms with Crippen molar-refractivity contribution < 1.29 is 4.74 Å². The van der Waals surface area contributed by atoms with Gasteiger partial charge in [-0.3, -0.25) is 4.98 Å². The van der Waals surface area contributed by atoms with Gasteiger partial charge < -0.3 is 10.1 Å². The Balaban J connectivity index is 1.92. The van der Waals surface area contributed by atoms with Crippen LogP contribution >= 0.6 is 0 Å². The highest BCUT2D eigenvalue weighted by Crippen LogP contribution is 2.27. The van der Waals surface area contributed by atoms with Gasteiger partial charge in [0.1, 0.15) is 5.75 Å². The van der Waals surface area contributed by atoms with Crippen LogP contribution < -0.4 is 10.1 Å². The van der Waals surface area contributed by atoms with Gasteiger partial charge in [0.2, 0.25) is 0 Å². The lowest BCUT2D eigenvalue weighted by atomic mass is 9.84. The maximum absolute atomic E-state index is 5.47. The van der Waals surface area contributed by atoms with Gasteiger partial charge in [0.25, 0.3) is 0 Å². The monoisotopic (exact) mass is 276 g/mol. The summed E-state index contributed by atoms with van der Waals surface area (Å²) in [7, 11) is 1.73. The third-order valence-electron chi connectivity index (χ3n) is 4.73. The predicted octanol–water partition coefficient (Wildman–Crippen LogP) is 3.77. The Bertz CT molecular complexity index is 437. The minimum absolute atomic E-state index is 0.659. The number of pyridine rings is 1. The molecule has 1 aliphatic carbocycles. The average Bonchev–Trinajstić information content (AvgIpc) is 2.47. The van der Waals surface area contributed by atoms with Crippen molar-refractivity contribution in [2.45, 2.75) is 65.5 Å². The lowest BCUT2D eigenvalue weighted by Crippen LogP contribution is -2.33. The van der Waals surface area contributed by atoms with E-state index in [4.69, 9.17) is 4.74 Å². The van der Waals surface area contributed by atoms with E-state index in [1.807, 2.05) is 13.1 Å². The Hall–Kier alpha value is -1.09. The third kappa shape index (κ3) is 3.51. The highest BCUT2D eigenvalue weighted by Gasteiger charge is 2.20. The number of ether oxygens (including phenoxy) is 1. The van der Waals surface area contributed by atoms with Gasteiger partial charge in [-0.05, 0) is 45.4 Å². The minimum Gasteiger partial charge on any atom is -0.496 e. The molecule has 2 rings (SSSR count). The van der Waals surface area contributed by atoms with Crippen LogP contribution in [0.25, 0.3) is 0 Å². The van der Waals surface area contributed by atoms with Gasteiger partial charge >= 0.3 is 0 Å². The molecule has 0 unspecified atom stereocenters. The number of methoxy groups -OCH3 is 1. The Morgan fingerprint density at radius 2 is 1.95 bits per heavy atom. The molecule has 1 aliphatic rings. The highest BCUT2D eigenvalue weighted by molar-refractivity contribution is 5.40. The van der Waals surface area contributed by atoms with Crippen molar-refractivity contribution in [3.8, 4) is 5.75 Å². The summed E-state index contributed by atoms with van der Waals surface area (Å²) in [5.41, 5.74) is 3.39. The maximum Gasteiger partial charge on any atom is 0.128 e. The molecule has 0 atom stereocenters. The summed E-state index contributed by atoms with van der Waals surface area (Å²) in [5.74, 6) is 1.93. The zero-order chi connectivity index (χ0) is 14.5. The van der Waals surface area contributed by atoms with Crippen molar-refractivity contribution in [2.24, 2.45) is 5.92 Å². The molecule has 0 spiro atoms. The van der Waals surface area contributed by atoms with Crippen LogP contribution in [0.5, 0.6) is 5.75 Å². The van der Waals surface area contributed by atoms with Crippen LogP contribution in [0.3, 0.4) is 0 Å². The van der Waals surface area contributed by atoms with Gasteiger partial charge in [-0.25, -0.2) is 0 Å². The summed E-state index contributed by atoms with van der Waals surface area (Å²) in [6.45, 7) is 7.31. The van der Waals surface area contributed by atoms with E-state index in [0.29, 0.717) is 6.04 Å². The molecule has 0 radical (unpaired) electrons. The van der Waals surface area contributed by atoms with Crippen molar-refractivity contribution in [3.63, 3.8) is 0 Å². The molecule has 3 nitrogen and oxygen atoms in total. The molecule has 0 aliphatic heterocycles. The second-order valence-electron chi connectivity index (χ2n) is 6.05. The molecule has 1 fully saturated rings. The predicted molar refractivity (Wildman–Crippen MR) is 83.1 cm³/mol. The first-order valence-corrected chi connectivity index (χ1v) is 7.88. The average molecular weight is 276 g/mol. The van der Waals surface area contributed by atoms with E-state index in [1.165, 1.54) is 37.7 Å². The smallest absolute Gasteiger partial charge is 0.128 e. The van der Waals surface area contributed by atoms with Gasteiger partial charge in [0, 0.05) is 29.9 Å². The lowest BCUT2D eigenvalue weighted by Gasteiger charge is -2.28. The molecule has 1 heterocycles. The summed E-state index contributed by atoms with van der Waals surface area (Å²) in [5, 5.41) is 3.68. The molecule has 1 aromatic rings. The fraction of sp³-hybridized carbons (Fsp3) is 0.706. The van der Waals surface area contributed by atoms with E-state index in [-0.39, 0.29) is 0 Å². The number of nitrogens with one attached hydrogen (secondary N) is 1. The number of nitrogens with zero attached hydrogens (tertiary/aromatic N) is 1. The molecule has 1 saturated carbocycles. The van der Waals surface area contributed by atoms with E-state index in [2.05, 4.69) is 24.1 Å². The number of hydrogen-bond donors (Lipinski definition) is 1. The topological polar surface area (TPSA) is 34.2 Å². The molecule has 20 heavy (non-hydrogen) atoms. The van der Waals surface area contributed by atoms with Crippen LogP contribution in [0.1, 0.15) is 55.8 Å². The first-order chi connectivity index (χ1) is 9.65. The summed E-state index contributed by atoms with van der Waals surface area (Å²) >= 11 is 0. The summed E-state index contributed by atoms with van der Waals surface area (Å²) in [6, 6.07) is 0.659. The normalized spacial score (nSPS) is 22.8. The van der Waals surface area contributed by atoms with Crippen LogP contribution in [-0.4, -0.2) is 18.1 Å². The fourth-order valence-electron chi connectivity index (χ4n) is 3.27. The quantitative estimate of drug-likeness (QED) is 0.889. The second kappa shape index (κ2) is 7.07. The summed E-state index contributed by atoms with van der Waals surface area (Å²) < 4.78 is 5.47. The molecule has 1 aromatic heterocycles. The lowest BCUT2D eigenvalue weighted by molar-refractivity contribution is 0.284. The number of rotatable bonds is 5. The first-order valence-electron chi connectivity index (χ1n) is 7.88. The van der Waals surface area contributed by atoms with E-state index in [9.17, 15) is 0 Å². The van der Waals surface area contributed by atoms with Crippen molar-refractivity contribution in [2.75, 3.05) is 7.11 Å². The Kier molecular flexibility index (Phi) is 5.41. The van der Waals surface area contributed by atoms with Crippen molar-refractivity contribution in [3.05, 3.63) is 23.0 Å². The Labute approximate surface area is 123 Å². The maximum atomic E-state index is 5.47. The summed E-state index contributed by atoms with van der Waals surface area (Å²) in [6.07, 6.45) is 8.61. The Morgan fingerprint density at radius 3 is 2.55 bits per heavy atom. The van der Waals surface area contributed by atoms with E-state index < -0.39 is 0 Å². The largest absolute Gasteiger partial charge is 0.496 e. The third-order valence-corrected chi connectivity index (χ3v) is 4.73. The molecule has 112 valence electrons. The zero-order valence-corrected chi connectivity index (χ0v) is 13.3. The van der Waals surface area contributed by atoms with Crippen LogP contribution in [0.4, 0.5) is 0 Å². The van der Waals surface area contributed by atoms with Gasteiger partial charge in [-0.15, -0.1) is 0 Å². The Morgan fingerprint density at radius 1 is 1.25 bits per heavy atom. The van der Waals surface area contributed by atoms with E-state index in [1.54, 1.807) is 7.11 Å². The summed E-state index contributed by atoms with van der Waals surface area (Å²) in [4.78, 5) is 4.56. The molecule has 3 heteroatoms. The number of hydrogen-bond acceptors (Lipinski definition) is 3. The van der Waals surface area contributed by atoms with Crippen LogP contribution in [0.15, 0.2) is 6.20 Å². The van der Waals surface area contributed by atoms with Crippen LogP contribution in [0.2, 0.25) is 0 Å². The molecule has 0 aromatic carbocycles. The molecular weight excluding hydrogens is 248 g/mol. The van der Waals surface area contributed by atoms with E-state index >= 15 is 0 Å². The number of aromatic nitrogens is 1. The van der Waals surface area contributed by atoms with E-state index in [0.717, 1.165) is 29.5 Å². The van der Waals surface area contributed by atoms with Gasteiger partial charge in [-0.2, -0.15) is 0 Å². The van der Waals surface area contributed by atoms with Gasteiger partial charge in [-0.1, -0.05) is 13.3 Å². The van der Waals surface area contributed by atoms with Crippen molar-refractivity contribution in [1.29, 1.82) is 0 Å². The molecular formula is C17H28N2O. The van der Waals surface area contributed by atoms with Crippen molar-refractivity contribution in [1.82, 2.24) is 10.3 Å². The molecule has 0 bridgehead atoms. The molecule has 1 N–H and O–H groups in total. The standard InChI is InChI=1S/C17H28N2O/c1-5-14-6-8-15(9-7-14)18-11-16-13(3)17(20-4)12(2)10-19-16/h10,14-15,18H,5-9,11H2,1-4H3. The molecule has 0 amide bonds. The molecule has 0 saturated heterocycles. The SMILES string of the molecule is CCC1CCC(NCc2ncc(C)c(OC)c2C)CC1. The second-order valence-corrected chi connectivity index (χ2v) is 6.05.